The number of ether oxygens (including phenoxy) is 1. The number of hydrogen-bond acceptors (Lipinski definition) is 7. The molecule has 0 unspecified atom stereocenters. The Morgan fingerprint density at radius 1 is 1.44 bits per heavy atom. The fourth-order valence-electron chi connectivity index (χ4n) is 2.54. The number of hydrogen-bond donors (Lipinski definition) is 3. The standard InChI is InChI=1S/C16H18BClN2O7/c1-8(2)20-6-9(14(18)19-20)7-25-11-5-4-10-13(12(11)15(21)22)26-17(10)27-16(3,23)24/h4-6,8,23-24H,7H2,1-3H3,(H,21,22). The summed E-state index contributed by atoms with van der Waals surface area (Å²) in [5.41, 5.74) is 0.805. The Kier molecular flexibility index (Phi) is 5.09. The van der Waals surface area contributed by atoms with Crippen LogP contribution >= 0.6 is 11.6 Å². The molecule has 3 rings (SSSR count). The summed E-state index contributed by atoms with van der Waals surface area (Å²) in [4.78, 5) is 11.7. The molecule has 9 nitrogen and oxygen atoms in total. The number of aromatic carboxylic acids is 1. The van der Waals surface area contributed by atoms with Gasteiger partial charge in [-0.15, -0.1) is 0 Å². The molecule has 0 fully saturated rings. The number of nitrogens with zero attached hydrogens (tertiary/aromatic N) is 2. The average molecular weight is 397 g/mol. The van der Waals surface area contributed by atoms with Crippen molar-refractivity contribution in [3.63, 3.8) is 0 Å². The van der Waals surface area contributed by atoms with Crippen molar-refractivity contribution in [1.82, 2.24) is 9.78 Å². The summed E-state index contributed by atoms with van der Waals surface area (Å²) in [6.07, 6.45) is 1.73. The minimum atomic E-state index is -2.41. The molecule has 0 atom stereocenters. The van der Waals surface area contributed by atoms with E-state index in [1.807, 2.05) is 13.8 Å². The van der Waals surface area contributed by atoms with Crippen molar-refractivity contribution in [2.75, 3.05) is 0 Å². The molecule has 2 aromatic rings. The molecule has 3 N–H and O–H groups in total. The van der Waals surface area contributed by atoms with E-state index in [0.29, 0.717) is 11.0 Å². The Morgan fingerprint density at radius 2 is 2.15 bits per heavy atom. The van der Waals surface area contributed by atoms with Crippen LogP contribution in [0.25, 0.3) is 0 Å². The first-order chi connectivity index (χ1) is 12.6. The molecule has 0 spiro atoms. The van der Waals surface area contributed by atoms with Crippen LogP contribution in [0.5, 0.6) is 11.5 Å². The number of carbonyl (C=O) groups is 1. The zero-order valence-corrected chi connectivity index (χ0v) is 15.6. The van der Waals surface area contributed by atoms with Crippen LogP contribution in [0.3, 0.4) is 0 Å². The molecule has 11 heteroatoms. The Labute approximate surface area is 160 Å². The third-order valence-electron chi connectivity index (χ3n) is 3.84. The third kappa shape index (κ3) is 4.03. The molecule has 0 bridgehead atoms. The largest absolute Gasteiger partial charge is 0.570 e. The van der Waals surface area contributed by atoms with Crippen LogP contribution in [0.1, 0.15) is 42.7 Å². The summed E-state index contributed by atoms with van der Waals surface area (Å²) >= 11 is 6.09. The van der Waals surface area contributed by atoms with Gasteiger partial charge < -0.3 is 29.4 Å². The minimum Gasteiger partial charge on any atom is -0.532 e. The second kappa shape index (κ2) is 7.04. The lowest BCUT2D eigenvalue weighted by Gasteiger charge is -2.32. The molecule has 1 aromatic carbocycles. The van der Waals surface area contributed by atoms with Gasteiger partial charge in [-0.25, -0.2) is 4.79 Å². The third-order valence-corrected chi connectivity index (χ3v) is 4.16. The van der Waals surface area contributed by atoms with Crippen molar-refractivity contribution in [1.29, 1.82) is 0 Å². The predicted octanol–water partition coefficient (Wildman–Crippen LogP) is 1.16. The highest BCUT2D eigenvalue weighted by Gasteiger charge is 2.45. The molecule has 0 saturated carbocycles. The van der Waals surface area contributed by atoms with Gasteiger partial charge in [-0.05, 0) is 19.9 Å². The molecular formula is C16H18BClN2O7. The van der Waals surface area contributed by atoms with Crippen LogP contribution in [0, 0.1) is 0 Å². The highest BCUT2D eigenvalue weighted by molar-refractivity contribution is 6.67. The van der Waals surface area contributed by atoms with Crippen LogP contribution in [-0.4, -0.2) is 44.2 Å². The molecule has 27 heavy (non-hydrogen) atoms. The van der Waals surface area contributed by atoms with Crippen LogP contribution in [0.4, 0.5) is 0 Å². The van der Waals surface area contributed by atoms with Crippen molar-refractivity contribution in [2.45, 2.75) is 39.4 Å². The van der Waals surface area contributed by atoms with Crippen LogP contribution in [-0.2, 0) is 11.3 Å². The van der Waals surface area contributed by atoms with E-state index in [1.54, 1.807) is 10.9 Å². The number of halogens is 1. The fourth-order valence-corrected chi connectivity index (χ4v) is 2.73. The summed E-state index contributed by atoms with van der Waals surface area (Å²) in [7, 11) is -1.08. The maximum atomic E-state index is 11.7. The first-order valence-corrected chi connectivity index (χ1v) is 8.50. The minimum absolute atomic E-state index is 0.0237. The van der Waals surface area contributed by atoms with Gasteiger partial charge in [0.2, 0.25) is 0 Å². The summed E-state index contributed by atoms with van der Waals surface area (Å²) in [5, 5.41) is 32.5. The van der Waals surface area contributed by atoms with Gasteiger partial charge in [0, 0.05) is 30.2 Å². The van der Waals surface area contributed by atoms with Crippen molar-refractivity contribution < 1.29 is 34.2 Å². The van der Waals surface area contributed by atoms with Gasteiger partial charge >= 0.3 is 13.1 Å². The molecule has 0 amide bonds. The molecule has 1 aliphatic rings. The zero-order chi connectivity index (χ0) is 19.9. The highest BCUT2D eigenvalue weighted by atomic mass is 35.5. The maximum absolute atomic E-state index is 11.7. The van der Waals surface area contributed by atoms with Crippen molar-refractivity contribution in [3.05, 3.63) is 34.6 Å². The monoisotopic (exact) mass is 396 g/mol. The molecule has 0 radical (unpaired) electrons. The van der Waals surface area contributed by atoms with Crippen molar-refractivity contribution in [2.24, 2.45) is 0 Å². The lowest BCUT2D eigenvalue weighted by Crippen LogP contribution is -2.55. The number of benzene rings is 1. The van der Waals surface area contributed by atoms with E-state index in [9.17, 15) is 20.1 Å². The van der Waals surface area contributed by atoms with Gasteiger partial charge in [0.25, 0.3) is 5.97 Å². The molecule has 0 saturated heterocycles. The Hall–Kier alpha value is -2.27. The predicted molar refractivity (Wildman–Crippen MR) is 95.3 cm³/mol. The number of rotatable bonds is 7. The Morgan fingerprint density at radius 3 is 2.70 bits per heavy atom. The number of aliphatic hydroxyl groups is 2. The highest BCUT2D eigenvalue weighted by Crippen LogP contribution is 2.34. The Bertz CT molecular complexity index is 878. The van der Waals surface area contributed by atoms with E-state index in [0.717, 1.165) is 6.92 Å². The molecule has 144 valence electrons. The van der Waals surface area contributed by atoms with Crippen LogP contribution in [0.2, 0.25) is 5.15 Å². The molecular weight excluding hydrogens is 378 g/mol. The van der Waals surface area contributed by atoms with Gasteiger partial charge in [-0.3, -0.25) is 4.68 Å². The lowest BCUT2D eigenvalue weighted by atomic mass is 9.71. The number of fused-ring (bicyclic) bond motifs is 1. The summed E-state index contributed by atoms with van der Waals surface area (Å²) in [5.74, 6) is -3.52. The van der Waals surface area contributed by atoms with E-state index in [-0.39, 0.29) is 34.9 Å². The second-order valence-corrected chi connectivity index (χ2v) is 6.83. The molecule has 0 aliphatic carbocycles. The van der Waals surface area contributed by atoms with Crippen molar-refractivity contribution >= 4 is 30.2 Å². The average Bonchev–Trinajstić information content (AvgIpc) is 2.90. The molecule has 1 aliphatic heterocycles. The van der Waals surface area contributed by atoms with E-state index in [4.69, 9.17) is 25.6 Å². The van der Waals surface area contributed by atoms with E-state index in [2.05, 4.69) is 5.10 Å². The number of aromatic nitrogens is 2. The fraction of sp³-hybridized carbons (Fsp3) is 0.375. The van der Waals surface area contributed by atoms with Gasteiger partial charge in [0.1, 0.15) is 23.7 Å². The lowest BCUT2D eigenvalue weighted by molar-refractivity contribution is -0.285. The summed E-state index contributed by atoms with van der Waals surface area (Å²) in [6, 6.07) is 3.11. The quantitative estimate of drug-likeness (QED) is 0.470. The normalized spacial score (nSPS) is 13.2. The van der Waals surface area contributed by atoms with Crippen molar-refractivity contribution in [3.8, 4) is 11.5 Å². The molecule has 2 heterocycles. The van der Waals surface area contributed by atoms with Gasteiger partial charge in [-0.1, -0.05) is 17.7 Å². The first-order valence-electron chi connectivity index (χ1n) is 8.12. The van der Waals surface area contributed by atoms with E-state index < -0.39 is 19.1 Å². The van der Waals surface area contributed by atoms with Crippen LogP contribution in [0.15, 0.2) is 18.3 Å². The van der Waals surface area contributed by atoms with Gasteiger partial charge in [0.15, 0.2) is 5.15 Å². The van der Waals surface area contributed by atoms with Gasteiger partial charge in [-0.2, -0.15) is 5.10 Å². The SMILES string of the molecule is CC(C)n1cc(COc2ccc3c(c2C(=O)O)OB3OC(C)(O)O)c(Cl)n1. The van der Waals surface area contributed by atoms with Crippen LogP contribution < -0.4 is 14.9 Å². The van der Waals surface area contributed by atoms with E-state index >= 15 is 0 Å². The number of carboxylic acids is 1. The maximum Gasteiger partial charge on any atom is 0.570 e. The summed E-state index contributed by atoms with van der Waals surface area (Å²) < 4.78 is 17.4. The second-order valence-electron chi connectivity index (χ2n) is 6.47. The number of carboxylic acid groups (broad SMARTS) is 1. The topological polar surface area (TPSA) is 123 Å². The Balaban J connectivity index is 1.81. The molecule has 1 aromatic heterocycles. The first kappa shape index (κ1) is 19.5. The van der Waals surface area contributed by atoms with E-state index in [1.165, 1.54) is 12.1 Å². The van der Waals surface area contributed by atoms with Gasteiger partial charge in [0.05, 0.1) is 0 Å². The smallest absolute Gasteiger partial charge is 0.532 e. The summed E-state index contributed by atoms with van der Waals surface area (Å²) in [6.45, 7) is 4.95. The zero-order valence-electron chi connectivity index (χ0n) is 14.8.